The predicted octanol–water partition coefficient (Wildman–Crippen LogP) is -0.358. The maximum Gasteiger partial charge on any atom is 0.286 e. The van der Waals surface area contributed by atoms with Gasteiger partial charge in [0, 0.05) is 12.1 Å². The van der Waals surface area contributed by atoms with E-state index in [1.54, 1.807) is 11.3 Å². The van der Waals surface area contributed by atoms with Crippen molar-refractivity contribution in [2.24, 2.45) is 0 Å². The van der Waals surface area contributed by atoms with Gasteiger partial charge in [0.05, 0.1) is 0 Å². The van der Waals surface area contributed by atoms with Crippen molar-refractivity contribution in [3.8, 4) is 0 Å². The normalized spacial score (nSPS) is 15.8. The average Bonchev–Trinajstić information content (AvgIpc) is 2.83. The number of fused-ring (bicyclic) bond motifs is 1. The predicted molar refractivity (Wildman–Crippen MR) is 77.0 cm³/mol. The van der Waals surface area contributed by atoms with Crippen molar-refractivity contribution < 1.29 is 26.3 Å². The van der Waals surface area contributed by atoms with E-state index < -0.39 is 0 Å². The Morgan fingerprint density at radius 3 is 2.80 bits per heavy atom. The Morgan fingerprint density at radius 1 is 1.25 bits per heavy atom. The highest BCUT2D eigenvalue weighted by Gasteiger charge is 2.19. The van der Waals surface area contributed by atoms with Gasteiger partial charge in [-0.1, -0.05) is 42.7 Å². The molecule has 0 atom stereocenters. The Labute approximate surface area is 133 Å². The van der Waals surface area contributed by atoms with Gasteiger partial charge >= 0.3 is 0 Å². The number of benzene rings is 1. The van der Waals surface area contributed by atoms with Gasteiger partial charge < -0.3 is 22.3 Å². The molecule has 0 aliphatic heterocycles. The number of hydrogen-bond donors (Lipinski definition) is 1. The van der Waals surface area contributed by atoms with Gasteiger partial charge in [-0.25, -0.2) is 0 Å². The third-order valence-electron chi connectivity index (χ3n) is 3.77. The lowest BCUT2D eigenvalue weighted by Crippen LogP contribution is -3.00. The number of thiazole rings is 1. The van der Waals surface area contributed by atoms with Crippen molar-refractivity contribution in [2.75, 3.05) is 0 Å². The van der Waals surface area contributed by atoms with Crippen LogP contribution in [-0.2, 0) is 11.3 Å². The molecule has 0 radical (unpaired) electrons. The van der Waals surface area contributed by atoms with E-state index in [0.29, 0.717) is 12.6 Å². The lowest BCUT2D eigenvalue weighted by Gasteiger charge is -2.21. The van der Waals surface area contributed by atoms with Crippen LogP contribution in [0.3, 0.4) is 0 Å². The van der Waals surface area contributed by atoms with E-state index in [9.17, 15) is 4.79 Å². The zero-order chi connectivity index (χ0) is 13.1. The van der Waals surface area contributed by atoms with Crippen LogP contribution in [0.1, 0.15) is 32.1 Å². The molecule has 1 N–H and O–H groups in total. The summed E-state index contributed by atoms with van der Waals surface area (Å²) >= 11 is 1.68. The lowest BCUT2D eigenvalue weighted by molar-refractivity contribution is -0.654. The van der Waals surface area contributed by atoms with E-state index in [1.807, 2.05) is 22.2 Å². The monoisotopic (exact) mass is 354 g/mol. The molecule has 1 heterocycles. The quantitative estimate of drug-likeness (QED) is 0.750. The van der Waals surface area contributed by atoms with E-state index in [-0.39, 0.29) is 22.9 Å². The maximum absolute atomic E-state index is 12.1. The molecule has 1 aromatic carbocycles. The molecular weight excluding hydrogens is 336 g/mol. The summed E-state index contributed by atoms with van der Waals surface area (Å²) in [4.78, 5) is 12.1. The number of nitrogens with one attached hydrogen (secondary N) is 1. The number of para-hydroxylation sites is 1. The summed E-state index contributed by atoms with van der Waals surface area (Å²) in [5.41, 5.74) is 3.18. The topological polar surface area (TPSA) is 33.0 Å². The Hall–Kier alpha value is -0.940. The molecule has 1 aliphatic carbocycles. The van der Waals surface area contributed by atoms with E-state index in [4.69, 9.17) is 0 Å². The largest absolute Gasteiger partial charge is 1.00 e. The van der Waals surface area contributed by atoms with E-state index in [0.717, 1.165) is 18.4 Å². The number of rotatable bonds is 3. The molecule has 1 amide bonds. The summed E-state index contributed by atoms with van der Waals surface area (Å²) in [6, 6.07) is 8.61. The average molecular weight is 355 g/mol. The fourth-order valence-corrected chi connectivity index (χ4v) is 3.66. The second-order valence-corrected chi connectivity index (χ2v) is 6.11. The van der Waals surface area contributed by atoms with Crippen LogP contribution < -0.4 is 26.9 Å². The van der Waals surface area contributed by atoms with Crippen molar-refractivity contribution in [3.63, 3.8) is 0 Å². The Balaban J connectivity index is 0.00000147. The van der Waals surface area contributed by atoms with Crippen LogP contribution in [0.4, 0.5) is 0 Å². The smallest absolute Gasteiger partial charge is 0.286 e. The summed E-state index contributed by atoms with van der Waals surface area (Å²) in [7, 11) is 0. The van der Waals surface area contributed by atoms with Crippen LogP contribution >= 0.6 is 11.3 Å². The molecule has 0 saturated heterocycles. The molecule has 3 nitrogen and oxygen atoms in total. The third-order valence-corrected chi connectivity index (χ3v) is 4.72. The number of aromatic nitrogens is 1. The first-order valence-corrected chi connectivity index (χ1v) is 7.86. The molecule has 1 saturated carbocycles. The molecule has 1 aliphatic rings. The van der Waals surface area contributed by atoms with Crippen LogP contribution in [0.15, 0.2) is 29.8 Å². The summed E-state index contributed by atoms with van der Waals surface area (Å²) in [6.45, 7) is 0.431. The van der Waals surface area contributed by atoms with E-state index in [2.05, 4.69) is 17.4 Å². The molecular formula is C15H19BrN2OS. The fourth-order valence-electron chi connectivity index (χ4n) is 2.77. The number of hydrogen-bond acceptors (Lipinski definition) is 2. The minimum absolute atomic E-state index is 0. The number of nitrogens with zero attached hydrogens (tertiary/aromatic N) is 1. The van der Waals surface area contributed by atoms with Gasteiger partial charge in [-0.15, -0.1) is 0 Å². The Bertz CT molecular complexity index is 578. The van der Waals surface area contributed by atoms with Crippen LogP contribution in [0.2, 0.25) is 0 Å². The van der Waals surface area contributed by atoms with Crippen LogP contribution in [0, 0.1) is 0 Å². The van der Waals surface area contributed by atoms with Gasteiger partial charge in [0.15, 0.2) is 0 Å². The minimum atomic E-state index is 0. The second-order valence-electron chi connectivity index (χ2n) is 5.22. The number of carbonyl (C=O) groups is 1. The van der Waals surface area contributed by atoms with Gasteiger partial charge in [-0.3, -0.25) is 4.79 Å². The van der Waals surface area contributed by atoms with Gasteiger partial charge in [0.25, 0.3) is 5.91 Å². The SMILES string of the molecule is O=C(C[n+]1csc2ccccc21)NC1CCCCC1.[Br-]. The first kappa shape index (κ1) is 15.4. The van der Waals surface area contributed by atoms with E-state index >= 15 is 0 Å². The molecule has 2 aromatic rings. The first-order valence-electron chi connectivity index (χ1n) is 6.98. The van der Waals surface area contributed by atoms with Crippen LogP contribution in [0.25, 0.3) is 10.2 Å². The second kappa shape index (κ2) is 7.18. The lowest BCUT2D eigenvalue weighted by atomic mass is 9.95. The minimum Gasteiger partial charge on any atom is -1.00 e. The highest BCUT2D eigenvalue weighted by Crippen LogP contribution is 2.17. The molecule has 20 heavy (non-hydrogen) atoms. The summed E-state index contributed by atoms with van der Waals surface area (Å²) in [5, 5.41) is 3.17. The molecule has 0 unspecified atom stereocenters. The van der Waals surface area contributed by atoms with Crippen LogP contribution in [-0.4, -0.2) is 11.9 Å². The Kier molecular flexibility index (Phi) is 5.54. The third kappa shape index (κ3) is 3.58. The van der Waals surface area contributed by atoms with Crippen molar-refractivity contribution in [1.29, 1.82) is 0 Å². The van der Waals surface area contributed by atoms with Gasteiger partial charge in [-0.05, 0) is 18.9 Å². The first-order chi connectivity index (χ1) is 9.33. The highest BCUT2D eigenvalue weighted by atomic mass is 79.9. The molecule has 1 fully saturated rings. The van der Waals surface area contributed by atoms with Gasteiger partial charge in [-0.2, -0.15) is 4.57 Å². The summed E-state index contributed by atoms with van der Waals surface area (Å²) in [5.74, 6) is 0.139. The standard InChI is InChI=1S/C15H18N2OS.BrH/c18-15(16-12-6-2-1-3-7-12)10-17-11-19-14-9-5-4-8-13(14)17;/h4-5,8-9,11-12H,1-3,6-7,10H2;1H. The molecule has 0 spiro atoms. The zero-order valence-electron chi connectivity index (χ0n) is 11.3. The molecule has 5 heteroatoms. The molecule has 3 rings (SSSR count). The number of carbonyl (C=O) groups excluding carboxylic acids is 1. The highest BCUT2D eigenvalue weighted by molar-refractivity contribution is 7.16. The summed E-state index contributed by atoms with van der Waals surface area (Å²) in [6.07, 6.45) is 6.09. The molecule has 1 aromatic heterocycles. The molecule has 108 valence electrons. The molecule has 0 bridgehead atoms. The van der Waals surface area contributed by atoms with Crippen molar-refractivity contribution in [3.05, 3.63) is 29.8 Å². The van der Waals surface area contributed by atoms with Gasteiger partial charge in [0.1, 0.15) is 4.70 Å². The fraction of sp³-hybridized carbons (Fsp3) is 0.467. The Morgan fingerprint density at radius 2 is 2.00 bits per heavy atom. The number of amides is 1. The maximum atomic E-state index is 12.1. The van der Waals surface area contributed by atoms with Gasteiger partial charge in [0.2, 0.25) is 17.6 Å². The van der Waals surface area contributed by atoms with Crippen molar-refractivity contribution >= 4 is 27.5 Å². The van der Waals surface area contributed by atoms with Crippen molar-refractivity contribution in [1.82, 2.24) is 5.32 Å². The summed E-state index contributed by atoms with van der Waals surface area (Å²) < 4.78 is 3.27. The van der Waals surface area contributed by atoms with Crippen LogP contribution in [0.5, 0.6) is 0 Å². The van der Waals surface area contributed by atoms with E-state index in [1.165, 1.54) is 24.0 Å². The van der Waals surface area contributed by atoms with Crippen molar-refractivity contribution in [2.45, 2.75) is 44.7 Å². The zero-order valence-corrected chi connectivity index (χ0v) is 13.8. The number of halogens is 1.